The van der Waals surface area contributed by atoms with Crippen LogP contribution in [0.1, 0.15) is 73.1 Å². The molecule has 0 N–H and O–H groups in total. The summed E-state index contributed by atoms with van der Waals surface area (Å²) in [5, 5.41) is 0. The van der Waals surface area contributed by atoms with Crippen molar-refractivity contribution in [2.75, 3.05) is 0 Å². The molecule has 0 amide bonds. The molecule has 2 saturated carbocycles. The number of carbonyl (C=O) groups excluding carboxylic acids is 2. The number of hydrogen-bond donors (Lipinski definition) is 0. The predicted octanol–water partition coefficient (Wildman–Crippen LogP) is 4.41. The summed E-state index contributed by atoms with van der Waals surface area (Å²) in [6.07, 6.45) is 5.51. The zero-order valence-electron chi connectivity index (χ0n) is 13.8. The lowest BCUT2D eigenvalue weighted by Gasteiger charge is -2.58. The van der Waals surface area contributed by atoms with Crippen LogP contribution in [-0.2, 0) is 9.59 Å². The van der Waals surface area contributed by atoms with Gasteiger partial charge in [-0.05, 0) is 55.3 Å². The Morgan fingerprint density at radius 2 is 1.90 bits per heavy atom. The van der Waals surface area contributed by atoms with Gasteiger partial charge in [0.15, 0.2) is 0 Å². The molecule has 2 nitrogen and oxygen atoms in total. The van der Waals surface area contributed by atoms with Gasteiger partial charge in [0.05, 0.1) is 0 Å². The molecule has 0 radical (unpaired) electrons. The van der Waals surface area contributed by atoms with E-state index >= 15 is 0 Å². The smallest absolute Gasteiger partial charge is 0.136 e. The fourth-order valence-corrected chi connectivity index (χ4v) is 5.67. The highest BCUT2D eigenvalue weighted by molar-refractivity contribution is 5.84. The standard InChI is InChI=1S/C18H30O2/c1-12-10-17(3,4)16-9-8-15(20)14(7-6-13(2)19)18(16,5)11-12/h12,14,16H,6-11H2,1-5H3/t12?,14-,16?,18+/m0/s1. The highest BCUT2D eigenvalue weighted by Gasteiger charge is 2.55. The first-order chi connectivity index (χ1) is 9.17. The fraction of sp³-hybridized carbons (Fsp3) is 0.889. The van der Waals surface area contributed by atoms with Crippen molar-refractivity contribution in [3.63, 3.8) is 0 Å². The number of fused-ring (bicyclic) bond motifs is 1. The minimum absolute atomic E-state index is 0.103. The molecule has 2 rings (SSSR count). The molecule has 20 heavy (non-hydrogen) atoms. The molecule has 2 aliphatic carbocycles. The fourth-order valence-electron chi connectivity index (χ4n) is 5.67. The summed E-state index contributed by atoms with van der Waals surface area (Å²) < 4.78 is 0. The molecule has 114 valence electrons. The lowest BCUT2D eigenvalue weighted by Crippen LogP contribution is -2.53. The summed E-state index contributed by atoms with van der Waals surface area (Å²) in [6, 6.07) is 0. The second kappa shape index (κ2) is 5.27. The molecule has 0 bridgehead atoms. The minimum atomic E-state index is 0.103. The van der Waals surface area contributed by atoms with Gasteiger partial charge in [-0.15, -0.1) is 0 Å². The van der Waals surface area contributed by atoms with Crippen molar-refractivity contribution in [2.45, 2.75) is 73.1 Å². The van der Waals surface area contributed by atoms with E-state index in [1.54, 1.807) is 6.92 Å². The van der Waals surface area contributed by atoms with Crippen LogP contribution in [-0.4, -0.2) is 11.6 Å². The molecule has 0 aromatic rings. The molecule has 2 unspecified atom stereocenters. The van der Waals surface area contributed by atoms with E-state index in [1.165, 1.54) is 6.42 Å². The Labute approximate surface area is 123 Å². The summed E-state index contributed by atoms with van der Waals surface area (Å²) in [4.78, 5) is 23.8. The van der Waals surface area contributed by atoms with Crippen LogP contribution >= 0.6 is 0 Å². The molecule has 0 saturated heterocycles. The number of ketones is 2. The first-order valence-corrected chi connectivity index (χ1v) is 8.19. The predicted molar refractivity (Wildman–Crippen MR) is 81.4 cm³/mol. The Hall–Kier alpha value is -0.660. The molecule has 4 atom stereocenters. The molecule has 2 heteroatoms. The van der Waals surface area contributed by atoms with Crippen molar-refractivity contribution in [1.82, 2.24) is 0 Å². The molecule has 0 aliphatic heterocycles. The Morgan fingerprint density at radius 1 is 1.25 bits per heavy atom. The molecule has 0 heterocycles. The number of hydrogen-bond acceptors (Lipinski definition) is 2. The van der Waals surface area contributed by atoms with Crippen molar-refractivity contribution in [2.24, 2.45) is 28.6 Å². The van der Waals surface area contributed by atoms with E-state index in [4.69, 9.17) is 0 Å². The Kier molecular flexibility index (Phi) is 4.15. The molecule has 2 fully saturated rings. The van der Waals surface area contributed by atoms with Gasteiger partial charge in [0, 0.05) is 18.8 Å². The average molecular weight is 278 g/mol. The van der Waals surface area contributed by atoms with E-state index in [9.17, 15) is 9.59 Å². The lowest BCUT2D eigenvalue weighted by molar-refractivity contribution is -0.147. The van der Waals surface area contributed by atoms with E-state index in [0.717, 1.165) is 25.7 Å². The van der Waals surface area contributed by atoms with Gasteiger partial charge >= 0.3 is 0 Å². The minimum Gasteiger partial charge on any atom is -0.300 e. The zero-order chi connectivity index (χ0) is 15.1. The third-order valence-electron chi connectivity index (χ3n) is 6.05. The van der Waals surface area contributed by atoms with Crippen LogP contribution in [0.2, 0.25) is 0 Å². The third-order valence-corrected chi connectivity index (χ3v) is 6.05. The van der Waals surface area contributed by atoms with E-state index in [-0.39, 0.29) is 17.1 Å². The maximum atomic E-state index is 12.5. The third kappa shape index (κ3) is 2.71. The summed E-state index contributed by atoms with van der Waals surface area (Å²) in [6.45, 7) is 11.1. The highest BCUT2D eigenvalue weighted by atomic mass is 16.1. The molecular weight excluding hydrogens is 248 g/mol. The van der Waals surface area contributed by atoms with Gasteiger partial charge in [0.2, 0.25) is 0 Å². The summed E-state index contributed by atoms with van der Waals surface area (Å²) in [7, 11) is 0. The molecule has 2 aliphatic rings. The van der Waals surface area contributed by atoms with Gasteiger partial charge in [-0.2, -0.15) is 0 Å². The van der Waals surface area contributed by atoms with Crippen LogP contribution < -0.4 is 0 Å². The van der Waals surface area contributed by atoms with Crippen LogP contribution in [0, 0.1) is 28.6 Å². The Bertz CT molecular complexity index is 410. The SMILES string of the molecule is CC(=O)CC[C@H]1C(=O)CCC2C(C)(C)CC(C)C[C@@]21C. The lowest BCUT2D eigenvalue weighted by atomic mass is 9.46. The van der Waals surface area contributed by atoms with Crippen molar-refractivity contribution < 1.29 is 9.59 Å². The maximum absolute atomic E-state index is 12.5. The summed E-state index contributed by atoms with van der Waals surface area (Å²) in [5.74, 6) is 2.03. The van der Waals surface area contributed by atoms with E-state index < -0.39 is 0 Å². The average Bonchev–Trinajstić information content (AvgIpc) is 2.24. The molecule has 0 aromatic heterocycles. The van der Waals surface area contributed by atoms with Crippen LogP contribution in [0.25, 0.3) is 0 Å². The summed E-state index contributed by atoms with van der Waals surface area (Å²) >= 11 is 0. The largest absolute Gasteiger partial charge is 0.300 e. The monoisotopic (exact) mass is 278 g/mol. The number of Topliss-reactive ketones (excluding diaryl/α,β-unsaturated/α-hetero) is 2. The van der Waals surface area contributed by atoms with Crippen LogP contribution in [0.15, 0.2) is 0 Å². The van der Waals surface area contributed by atoms with Crippen LogP contribution in [0.5, 0.6) is 0 Å². The topological polar surface area (TPSA) is 34.1 Å². The Morgan fingerprint density at radius 3 is 2.50 bits per heavy atom. The van der Waals surface area contributed by atoms with Gasteiger partial charge in [-0.3, -0.25) is 4.79 Å². The summed E-state index contributed by atoms with van der Waals surface area (Å²) in [5.41, 5.74) is 0.424. The van der Waals surface area contributed by atoms with E-state index in [0.29, 0.717) is 29.5 Å². The molecule has 0 spiro atoms. The van der Waals surface area contributed by atoms with Crippen molar-refractivity contribution >= 4 is 11.6 Å². The van der Waals surface area contributed by atoms with Gasteiger partial charge in [0.1, 0.15) is 11.6 Å². The van der Waals surface area contributed by atoms with Crippen LogP contribution in [0.4, 0.5) is 0 Å². The second-order valence-corrected chi connectivity index (χ2v) is 8.36. The van der Waals surface area contributed by atoms with Crippen molar-refractivity contribution in [3.05, 3.63) is 0 Å². The Balaban J connectivity index is 2.29. The quantitative estimate of drug-likeness (QED) is 0.766. The van der Waals surface area contributed by atoms with Gasteiger partial charge in [-0.25, -0.2) is 0 Å². The van der Waals surface area contributed by atoms with Crippen molar-refractivity contribution in [1.29, 1.82) is 0 Å². The zero-order valence-corrected chi connectivity index (χ0v) is 13.8. The first kappa shape index (κ1) is 15.7. The second-order valence-electron chi connectivity index (χ2n) is 8.36. The van der Waals surface area contributed by atoms with Crippen molar-refractivity contribution in [3.8, 4) is 0 Å². The normalized spacial score (nSPS) is 40.2. The maximum Gasteiger partial charge on any atom is 0.136 e. The van der Waals surface area contributed by atoms with Gasteiger partial charge in [-0.1, -0.05) is 27.7 Å². The molecular formula is C18H30O2. The number of rotatable bonds is 3. The molecule has 0 aromatic carbocycles. The highest BCUT2D eigenvalue weighted by Crippen LogP contribution is 2.61. The number of carbonyl (C=O) groups is 2. The van der Waals surface area contributed by atoms with Gasteiger partial charge < -0.3 is 4.79 Å². The first-order valence-electron chi connectivity index (χ1n) is 8.19. The van der Waals surface area contributed by atoms with E-state index in [1.807, 2.05) is 0 Å². The van der Waals surface area contributed by atoms with Gasteiger partial charge in [0.25, 0.3) is 0 Å². The van der Waals surface area contributed by atoms with Crippen LogP contribution in [0.3, 0.4) is 0 Å². The van der Waals surface area contributed by atoms with E-state index in [2.05, 4.69) is 27.7 Å².